The predicted octanol–water partition coefficient (Wildman–Crippen LogP) is 10.6. The monoisotopic (exact) mass is 921 g/mol. The maximum absolute atomic E-state index is 12.8. The first-order valence-electron chi connectivity index (χ1n) is 24.0. The Hall–Kier alpha value is -2.98. The third-order valence-electron chi connectivity index (χ3n) is 10.2. The summed E-state index contributed by atoms with van der Waals surface area (Å²) in [5.41, 5.74) is 0. The first-order chi connectivity index (χ1) is 31.1. The molecular weight excluding hydrogens is 837 g/mol. The van der Waals surface area contributed by atoms with Gasteiger partial charge in [-0.1, -0.05) is 169 Å². The van der Waals surface area contributed by atoms with Crippen LogP contribution in [0.2, 0.25) is 0 Å². The number of aliphatic hydroxyl groups is 3. The number of unbranched alkanes of at least 4 members (excludes halogenated alkanes) is 12. The summed E-state index contributed by atoms with van der Waals surface area (Å²) in [5, 5.41) is 30.7. The van der Waals surface area contributed by atoms with Gasteiger partial charge in [0.2, 0.25) is 0 Å². The average molecular weight is 921 g/mol. The molecule has 1 saturated heterocycles. The highest BCUT2D eigenvalue weighted by atomic mass is 32.3. The summed E-state index contributed by atoms with van der Waals surface area (Å²) in [5.74, 6) is -0.533. The molecule has 0 amide bonds. The van der Waals surface area contributed by atoms with Crippen molar-refractivity contribution >= 4 is 16.4 Å². The molecule has 1 heterocycles. The first-order valence-corrected chi connectivity index (χ1v) is 25.4. The minimum absolute atomic E-state index is 0.000700. The van der Waals surface area contributed by atoms with E-state index in [0.29, 0.717) is 13.0 Å². The summed E-state index contributed by atoms with van der Waals surface area (Å²) < 4.78 is 59.0. The number of carbonyl (C=O) groups excluding carboxylic acids is 1. The maximum Gasteiger partial charge on any atom is 0.397 e. The van der Waals surface area contributed by atoms with Crippen LogP contribution in [0.3, 0.4) is 0 Å². The molecule has 12 nitrogen and oxygen atoms in total. The van der Waals surface area contributed by atoms with Gasteiger partial charge in [-0.15, -0.1) is 0 Å². The summed E-state index contributed by atoms with van der Waals surface area (Å²) in [4.78, 5) is 12.8. The highest BCUT2D eigenvalue weighted by Crippen LogP contribution is 2.26. The van der Waals surface area contributed by atoms with E-state index in [0.717, 1.165) is 70.6 Å². The molecule has 6 atom stereocenters. The summed E-state index contributed by atoms with van der Waals surface area (Å²) in [6.45, 7) is 3.70. The molecule has 0 spiro atoms. The van der Waals surface area contributed by atoms with Gasteiger partial charge in [-0.2, -0.15) is 8.42 Å². The Kier molecular flexibility index (Phi) is 38.2. The Labute approximate surface area is 386 Å². The second-order valence-corrected chi connectivity index (χ2v) is 17.0. The van der Waals surface area contributed by atoms with Crippen molar-refractivity contribution in [2.45, 2.75) is 192 Å². The summed E-state index contributed by atoms with van der Waals surface area (Å²) in [6, 6.07) is 0. The minimum Gasteiger partial charge on any atom is -0.457 e. The average Bonchev–Trinajstić information content (AvgIpc) is 3.27. The summed E-state index contributed by atoms with van der Waals surface area (Å²) in [6.07, 6.45) is 47.6. The minimum atomic E-state index is -5.08. The third-order valence-corrected chi connectivity index (χ3v) is 10.7. The molecule has 0 saturated carbocycles. The highest BCUT2D eigenvalue weighted by molar-refractivity contribution is 7.80. The Morgan fingerprint density at radius 3 is 1.58 bits per heavy atom. The lowest BCUT2D eigenvalue weighted by molar-refractivity contribution is -0.301. The number of rotatable bonds is 40. The van der Waals surface area contributed by atoms with Gasteiger partial charge in [-0.05, 0) is 77.0 Å². The van der Waals surface area contributed by atoms with Gasteiger partial charge in [-0.25, -0.2) is 4.18 Å². The van der Waals surface area contributed by atoms with E-state index < -0.39 is 59.8 Å². The van der Waals surface area contributed by atoms with Crippen LogP contribution in [0.4, 0.5) is 0 Å². The van der Waals surface area contributed by atoms with Crippen LogP contribution in [-0.4, -0.2) is 97.5 Å². The molecule has 13 heteroatoms. The quantitative estimate of drug-likeness (QED) is 0.0198. The van der Waals surface area contributed by atoms with Crippen molar-refractivity contribution in [1.29, 1.82) is 0 Å². The van der Waals surface area contributed by atoms with Crippen LogP contribution >= 0.6 is 0 Å². The molecule has 64 heavy (non-hydrogen) atoms. The van der Waals surface area contributed by atoms with Gasteiger partial charge < -0.3 is 34.3 Å². The summed E-state index contributed by atoms with van der Waals surface area (Å²) >= 11 is 0. The zero-order chi connectivity index (χ0) is 46.8. The van der Waals surface area contributed by atoms with Crippen molar-refractivity contribution in [1.82, 2.24) is 0 Å². The van der Waals surface area contributed by atoms with Crippen molar-refractivity contribution in [2.24, 2.45) is 0 Å². The Bertz CT molecular complexity index is 1480. The predicted molar refractivity (Wildman–Crippen MR) is 257 cm³/mol. The molecule has 1 rings (SSSR count). The second kappa shape index (κ2) is 41.5. The first kappa shape index (κ1) is 59.0. The number of hydrogen-bond donors (Lipinski definition) is 4. The van der Waals surface area contributed by atoms with E-state index in [9.17, 15) is 28.5 Å². The molecule has 6 unspecified atom stereocenters. The Morgan fingerprint density at radius 2 is 1.08 bits per heavy atom. The fourth-order valence-electron chi connectivity index (χ4n) is 6.64. The number of ether oxygens (including phenoxy) is 4. The van der Waals surface area contributed by atoms with Crippen molar-refractivity contribution in [2.75, 3.05) is 26.4 Å². The van der Waals surface area contributed by atoms with E-state index in [1.807, 2.05) is 12.2 Å². The number of esters is 1. The largest absolute Gasteiger partial charge is 0.457 e. The molecule has 0 aromatic heterocycles. The zero-order valence-corrected chi connectivity index (χ0v) is 39.9. The smallest absolute Gasteiger partial charge is 0.397 e. The van der Waals surface area contributed by atoms with E-state index >= 15 is 0 Å². The van der Waals surface area contributed by atoms with Crippen molar-refractivity contribution in [3.05, 3.63) is 97.2 Å². The molecule has 0 aromatic carbocycles. The fourth-order valence-corrected chi connectivity index (χ4v) is 7.14. The summed E-state index contributed by atoms with van der Waals surface area (Å²) in [7, 11) is -5.08. The molecule has 0 radical (unpaired) electrons. The third kappa shape index (κ3) is 34.4. The normalized spacial score (nSPS) is 20.6. The maximum atomic E-state index is 12.8. The molecular formula is C51H84O12S. The molecule has 366 valence electrons. The lowest BCUT2D eigenvalue weighted by Crippen LogP contribution is -2.60. The number of carbonyl (C=O) groups is 1. The van der Waals surface area contributed by atoms with Crippen molar-refractivity contribution in [3.8, 4) is 0 Å². The molecule has 0 aromatic rings. The van der Waals surface area contributed by atoms with Crippen LogP contribution in [-0.2, 0) is 38.3 Å². The fraction of sp³-hybridized carbons (Fsp3) is 0.667. The molecule has 0 aliphatic carbocycles. The van der Waals surface area contributed by atoms with Crippen molar-refractivity contribution in [3.63, 3.8) is 0 Å². The van der Waals surface area contributed by atoms with Crippen LogP contribution in [0.15, 0.2) is 97.2 Å². The van der Waals surface area contributed by atoms with Crippen LogP contribution in [0.25, 0.3) is 0 Å². The SMILES string of the molecule is CC/C=C\C/C=C\C/C=C\C/C=C\C/C=C\CC(=O)OC(COCCCCCCCCC/C=C\C/C=C\C/C=C\CCCCCCC)COC1OC(CO)C(O)C(OS(=O)(=O)O)C1O. The zero-order valence-electron chi connectivity index (χ0n) is 39.0. The van der Waals surface area contributed by atoms with E-state index in [4.69, 9.17) is 23.5 Å². The van der Waals surface area contributed by atoms with Gasteiger partial charge in [0, 0.05) is 6.61 Å². The van der Waals surface area contributed by atoms with Gasteiger partial charge in [0.25, 0.3) is 0 Å². The van der Waals surface area contributed by atoms with E-state index in [-0.39, 0.29) is 19.6 Å². The number of allylic oxidation sites excluding steroid dienone is 15. The van der Waals surface area contributed by atoms with Gasteiger partial charge in [0.1, 0.15) is 30.5 Å². The van der Waals surface area contributed by atoms with E-state index in [1.165, 1.54) is 57.8 Å². The topological polar surface area (TPSA) is 178 Å². The number of hydrogen-bond acceptors (Lipinski definition) is 11. The van der Waals surface area contributed by atoms with Gasteiger partial charge >= 0.3 is 16.4 Å². The highest BCUT2D eigenvalue weighted by Gasteiger charge is 2.48. The number of aliphatic hydroxyl groups excluding tert-OH is 3. The lowest BCUT2D eigenvalue weighted by atomic mass is 9.99. The standard InChI is InChI=1S/C51H84O12S/c1-3-5-7-9-11-13-15-17-19-20-21-22-23-24-25-27-29-31-33-35-37-39-41-59-43-45(44-60-51-49(55)50(63-64(56,57)58)48(54)46(42-52)62-51)61-47(53)40-38-36-34-32-30-28-26-18-16-14-12-10-8-6-4-2/h6,8,12,14-15,17-18,20-21,23-24,26,30,32,36,38,45-46,48-52,54-55H,3-5,7,9-11,13,16,19,22,25,27-29,31,33-35,37,39-44H2,1-2H3,(H,56,57,58)/b8-6-,14-12-,17-15-,21-20-,24-23-,26-18-,32-30-,38-36-. The molecule has 0 bridgehead atoms. The molecule has 1 aliphatic rings. The van der Waals surface area contributed by atoms with Crippen LogP contribution in [0, 0.1) is 0 Å². The van der Waals surface area contributed by atoms with Gasteiger partial charge in [0.15, 0.2) is 6.29 Å². The van der Waals surface area contributed by atoms with Gasteiger partial charge in [-0.3, -0.25) is 9.35 Å². The molecule has 1 fully saturated rings. The molecule has 4 N–H and O–H groups in total. The molecule has 1 aliphatic heterocycles. The second-order valence-electron chi connectivity index (χ2n) is 16.0. The van der Waals surface area contributed by atoms with Crippen LogP contribution in [0.5, 0.6) is 0 Å². The Morgan fingerprint density at radius 1 is 0.609 bits per heavy atom. The Balaban J connectivity index is 2.45. The van der Waals surface area contributed by atoms with Crippen molar-refractivity contribution < 1.29 is 56.2 Å². The van der Waals surface area contributed by atoms with Crippen LogP contribution < -0.4 is 0 Å². The van der Waals surface area contributed by atoms with E-state index in [1.54, 1.807) is 6.08 Å². The van der Waals surface area contributed by atoms with Gasteiger partial charge in [0.05, 0.1) is 26.2 Å². The van der Waals surface area contributed by atoms with Crippen LogP contribution in [0.1, 0.15) is 155 Å². The van der Waals surface area contributed by atoms with E-state index in [2.05, 4.69) is 97.0 Å². The lowest BCUT2D eigenvalue weighted by Gasteiger charge is -2.41.